The molecule has 0 aliphatic carbocycles. The smallest absolute Gasteiger partial charge is 0.238 e. The summed E-state index contributed by atoms with van der Waals surface area (Å²) >= 11 is 0. The van der Waals surface area contributed by atoms with Gasteiger partial charge in [-0.05, 0) is 118 Å². The van der Waals surface area contributed by atoms with Crippen LogP contribution in [0.1, 0.15) is 0 Å². The quantitative estimate of drug-likeness (QED) is 0.139. The van der Waals surface area contributed by atoms with Crippen LogP contribution in [0.2, 0.25) is 0 Å². The summed E-state index contributed by atoms with van der Waals surface area (Å²) in [5.41, 5.74) is 23.9. The Bertz CT molecular complexity index is 6640. The van der Waals surface area contributed by atoms with Gasteiger partial charge in [-0.3, -0.25) is 4.57 Å². The van der Waals surface area contributed by atoms with Crippen LogP contribution in [0.15, 0.2) is 340 Å². The molecule has 0 bridgehead atoms. The van der Waals surface area contributed by atoms with Crippen molar-refractivity contribution in [1.29, 1.82) is 0 Å². The zero-order chi connectivity index (χ0) is 65.8. The molecule has 466 valence electrons. The Morgan fingerprint density at radius 3 is 1.28 bits per heavy atom. The van der Waals surface area contributed by atoms with Crippen LogP contribution >= 0.6 is 0 Å². The predicted molar refractivity (Wildman–Crippen MR) is 411 cm³/mol. The molecule has 0 amide bonds. The Morgan fingerprint density at radius 1 is 0.210 bits per heavy atom. The number of aromatic amines is 1. The molecular formula is C91H57N9. The third-order valence-electron chi connectivity index (χ3n) is 19.8. The standard InChI is InChI=1S/C91H57N9/c1-4-22-57(23-5-1)64-31-21-35-69(55-64)99-81-42-16-12-37-71(81)73-49-51-83-85(87(73)99)75-39-13-17-43-82(75)100(83)91-96-89(60-26-8-3-9-27-60)95-90(97-91)67-34-20-33-66(54-67)79-56-78(93-88(94-79)59-24-6-2-7-25-59)65-32-19-30-63(53-65)62-29-18-28-61(52-62)58-44-46-68(47-45-58)98-80-41-15-11-36-70(80)72-48-50-77-84(86(72)98)74-38-10-14-40-76(74)92-77/h1-56,92H. The summed E-state index contributed by atoms with van der Waals surface area (Å²) in [4.78, 5) is 30.6. The third-order valence-corrected chi connectivity index (χ3v) is 19.8. The highest BCUT2D eigenvalue weighted by atomic mass is 15.2. The van der Waals surface area contributed by atoms with E-state index >= 15 is 0 Å². The van der Waals surface area contributed by atoms with Crippen molar-refractivity contribution < 1.29 is 0 Å². The van der Waals surface area contributed by atoms with Gasteiger partial charge in [-0.1, -0.05) is 255 Å². The average molecular weight is 1280 g/mol. The van der Waals surface area contributed by atoms with Crippen LogP contribution in [0.5, 0.6) is 0 Å². The maximum absolute atomic E-state index is 5.50. The SMILES string of the molecule is c1ccc(-c2cccc(-n3c4ccccc4c4ccc5c(c6ccccc6n5-c5nc(-c6ccccc6)nc(-c6cccc(-c7cc(-c8cccc(-c9cccc(-c%10ccc(-n%11c%12ccccc%12c%12ccc%13[nH]c%14ccccc%14c%13c%12%11)cc%10)c9)c8)nc(-c8ccccc8)n7)c6)n5)c43)c2)cc1. The normalized spacial score (nSPS) is 11.8. The van der Waals surface area contributed by atoms with Gasteiger partial charge in [0.2, 0.25) is 5.95 Å². The highest BCUT2D eigenvalue weighted by Crippen LogP contribution is 2.45. The van der Waals surface area contributed by atoms with Gasteiger partial charge in [-0.15, -0.1) is 0 Å². The van der Waals surface area contributed by atoms with E-state index in [1.165, 1.54) is 48.9 Å². The minimum Gasteiger partial charge on any atom is -0.354 e. The average Bonchev–Trinajstić information content (AvgIpc) is 1.55. The highest BCUT2D eigenvalue weighted by molar-refractivity contribution is 6.27. The van der Waals surface area contributed by atoms with Crippen molar-refractivity contribution in [3.05, 3.63) is 340 Å². The molecule has 0 atom stereocenters. The molecule has 0 aliphatic heterocycles. The second-order valence-corrected chi connectivity index (χ2v) is 25.7. The molecule has 0 saturated carbocycles. The van der Waals surface area contributed by atoms with Crippen molar-refractivity contribution in [3.63, 3.8) is 0 Å². The summed E-state index contributed by atoms with van der Waals surface area (Å²) in [5, 5.41) is 9.47. The molecule has 14 aromatic carbocycles. The van der Waals surface area contributed by atoms with Gasteiger partial charge in [0.05, 0.1) is 44.5 Å². The molecule has 1 N–H and O–H groups in total. The van der Waals surface area contributed by atoms with E-state index in [9.17, 15) is 0 Å². The molecule has 0 unspecified atom stereocenters. The lowest BCUT2D eigenvalue weighted by molar-refractivity contribution is 0.953. The van der Waals surface area contributed by atoms with Crippen LogP contribution in [0.25, 0.3) is 195 Å². The lowest BCUT2D eigenvalue weighted by Crippen LogP contribution is -2.06. The lowest BCUT2D eigenvalue weighted by atomic mass is 9.97. The minimum absolute atomic E-state index is 0.510. The first-order chi connectivity index (χ1) is 49.6. The van der Waals surface area contributed by atoms with Gasteiger partial charge in [0.25, 0.3) is 0 Å². The van der Waals surface area contributed by atoms with E-state index in [1.54, 1.807) is 0 Å². The summed E-state index contributed by atoms with van der Waals surface area (Å²) in [6, 6.07) is 121. The van der Waals surface area contributed by atoms with Gasteiger partial charge in [-0.25, -0.2) is 15.0 Å². The second kappa shape index (κ2) is 23.0. The number of fused-ring (bicyclic) bond motifs is 14. The number of nitrogens with zero attached hydrogens (tertiary/aromatic N) is 8. The molecule has 20 aromatic rings. The maximum Gasteiger partial charge on any atom is 0.238 e. The third kappa shape index (κ3) is 9.35. The minimum atomic E-state index is 0.510. The van der Waals surface area contributed by atoms with Crippen molar-refractivity contribution in [1.82, 2.24) is 43.6 Å². The summed E-state index contributed by atoms with van der Waals surface area (Å²) in [6.07, 6.45) is 0. The van der Waals surface area contributed by atoms with E-state index in [2.05, 4.69) is 322 Å². The second-order valence-electron chi connectivity index (χ2n) is 25.7. The van der Waals surface area contributed by atoms with E-state index in [1.807, 2.05) is 36.4 Å². The van der Waals surface area contributed by atoms with Crippen molar-refractivity contribution in [2.45, 2.75) is 0 Å². The number of rotatable bonds is 11. The largest absolute Gasteiger partial charge is 0.354 e. The Labute approximate surface area is 574 Å². The lowest BCUT2D eigenvalue weighted by Gasteiger charge is -2.13. The predicted octanol–water partition coefficient (Wildman–Crippen LogP) is 22.9. The summed E-state index contributed by atoms with van der Waals surface area (Å²) in [6.45, 7) is 0. The Kier molecular flexibility index (Phi) is 13.1. The molecule has 100 heavy (non-hydrogen) atoms. The van der Waals surface area contributed by atoms with Gasteiger partial charge in [0, 0.05) is 93.3 Å². The fourth-order valence-corrected chi connectivity index (χ4v) is 15.2. The molecule has 0 saturated heterocycles. The monoisotopic (exact) mass is 1280 g/mol. The van der Waals surface area contributed by atoms with Crippen molar-refractivity contribution >= 4 is 87.2 Å². The molecule has 20 rings (SSSR count). The first-order valence-corrected chi connectivity index (χ1v) is 33.8. The number of para-hydroxylation sites is 4. The summed E-state index contributed by atoms with van der Waals surface area (Å²) in [5.74, 6) is 2.23. The van der Waals surface area contributed by atoms with Crippen molar-refractivity contribution in [3.8, 4) is 107 Å². The number of hydrogen-bond acceptors (Lipinski definition) is 5. The van der Waals surface area contributed by atoms with E-state index < -0.39 is 0 Å². The maximum atomic E-state index is 5.50. The van der Waals surface area contributed by atoms with Gasteiger partial charge in [-0.2, -0.15) is 9.97 Å². The fraction of sp³-hybridized carbons (Fsp3) is 0. The van der Waals surface area contributed by atoms with Crippen LogP contribution in [-0.2, 0) is 0 Å². The van der Waals surface area contributed by atoms with Gasteiger partial charge < -0.3 is 14.1 Å². The Hall–Kier alpha value is -13.6. The zero-order valence-electron chi connectivity index (χ0n) is 53.9. The Morgan fingerprint density at radius 2 is 0.640 bits per heavy atom. The molecule has 6 heterocycles. The summed E-state index contributed by atoms with van der Waals surface area (Å²) < 4.78 is 7.08. The van der Waals surface area contributed by atoms with E-state index in [4.69, 9.17) is 24.9 Å². The highest BCUT2D eigenvalue weighted by Gasteiger charge is 2.25. The van der Waals surface area contributed by atoms with Gasteiger partial charge in [0.15, 0.2) is 17.5 Å². The van der Waals surface area contributed by atoms with Crippen LogP contribution in [0, 0.1) is 0 Å². The number of H-pyrrole nitrogens is 1. The molecule has 9 nitrogen and oxygen atoms in total. The number of aromatic nitrogens is 9. The topological polar surface area (TPSA) is 95.0 Å². The van der Waals surface area contributed by atoms with Crippen molar-refractivity contribution in [2.75, 3.05) is 0 Å². The number of benzene rings is 14. The number of nitrogens with one attached hydrogen (secondary N) is 1. The molecule has 0 radical (unpaired) electrons. The van der Waals surface area contributed by atoms with Gasteiger partial charge >= 0.3 is 0 Å². The first kappa shape index (κ1) is 56.7. The van der Waals surface area contributed by atoms with Crippen LogP contribution in [-0.4, -0.2) is 43.6 Å². The molecule has 9 heteroatoms. The molecule has 6 aromatic heterocycles. The number of hydrogen-bond donors (Lipinski definition) is 1. The van der Waals surface area contributed by atoms with Crippen molar-refractivity contribution in [2.24, 2.45) is 0 Å². The summed E-state index contributed by atoms with van der Waals surface area (Å²) in [7, 11) is 0. The fourth-order valence-electron chi connectivity index (χ4n) is 15.2. The van der Waals surface area contributed by atoms with Crippen LogP contribution in [0.4, 0.5) is 0 Å². The Balaban J connectivity index is 0.681. The van der Waals surface area contributed by atoms with E-state index in [0.717, 1.165) is 122 Å². The van der Waals surface area contributed by atoms with Crippen LogP contribution < -0.4 is 0 Å². The first-order valence-electron chi connectivity index (χ1n) is 33.8. The van der Waals surface area contributed by atoms with Crippen LogP contribution in [0.3, 0.4) is 0 Å². The zero-order valence-corrected chi connectivity index (χ0v) is 53.9. The van der Waals surface area contributed by atoms with E-state index in [-0.39, 0.29) is 0 Å². The molecule has 0 fully saturated rings. The molecule has 0 aliphatic rings. The van der Waals surface area contributed by atoms with E-state index in [0.29, 0.717) is 23.4 Å². The van der Waals surface area contributed by atoms with Gasteiger partial charge in [0.1, 0.15) is 0 Å². The molecule has 0 spiro atoms. The molecular weight excluding hydrogens is 1220 g/mol.